The van der Waals surface area contributed by atoms with Crippen LogP contribution in [0.5, 0.6) is 0 Å². The number of aromatic nitrogens is 3. The standard InChI is InChI=1S/C18H26N6O/c1-13(16-12-23(4)21-14(16)2)20-18(25)15-5-6-19-17(11-15)24-9-7-22(3)8-10-24/h5-6,11-13H,7-10H2,1-4H3,(H,20,25)/t13-/m0/s1. The van der Waals surface area contributed by atoms with Crippen molar-refractivity contribution in [2.75, 3.05) is 38.1 Å². The average molecular weight is 342 g/mol. The van der Waals surface area contributed by atoms with E-state index < -0.39 is 0 Å². The molecule has 1 aliphatic rings. The third-order valence-electron chi connectivity index (χ3n) is 4.70. The van der Waals surface area contributed by atoms with E-state index in [2.05, 4.69) is 32.2 Å². The first kappa shape index (κ1) is 17.4. The summed E-state index contributed by atoms with van der Waals surface area (Å²) in [7, 11) is 4.01. The average Bonchev–Trinajstić information content (AvgIpc) is 2.94. The number of piperazine rings is 1. The number of carbonyl (C=O) groups excluding carboxylic acids is 1. The number of rotatable bonds is 4. The van der Waals surface area contributed by atoms with Crippen molar-refractivity contribution >= 4 is 11.7 Å². The maximum Gasteiger partial charge on any atom is 0.251 e. The van der Waals surface area contributed by atoms with Crippen molar-refractivity contribution < 1.29 is 4.79 Å². The Bertz CT molecular complexity index is 748. The highest BCUT2D eigenvalue weighted by atomic mass is 16.1. The van der Waals surface area contributed by atoms with E-state index in [-0.39, 0.29) is 11.9 Å². The monoisotopic (exact) mass is 342 g/mol. The second-order valence-electron chi connectivity index (χ2n) is 6.73. The molecule has 2 aromatic heterocycles. The van der Waals surface area contributed by atoms with Gasteiger partial charge >= 0.3 is 0 Å². The Balaban J connectivity index is 1.70. The number of likely N-dealkylation sites (N-methyl/N-ethyl adjacent to an activating group) is 1. The van der Waals surface area contributed by atoms with Crippen molar-refractivity contribution in [3.05, 3.63) is 41.3 Å². The normalized spacial score (nSPS) is 16.7. The fourth-order valence-electron chi connectivity index (χ4n) is 3.17. The van der Waals surface area contributed by atoms with Crippen LogP contribution in [-0.2, 0) is 7.05 Å². The van der Waals surface area contributed by atoms with E-state index in [9.17, 15) is 4.79 Å². The Morgan fingerprint density at radius 3 is 2.60 bits per heavy atom. The fraction of sp³-hybridized carbons (Fsp3) is 0.500. The summed E-state index contributed by atoms with van der Waals surface area (Å²) in [6.45, 7) is 7.81. The first-order valence-electron chi connectivity index (χ1n) is 8.64. The Hall–Kier alpha value is -2.41. The van der Waals surface area contributed by atoms with E-state index in [0.29, 0.717) is 5.56 Å². The lowest BCUT2D eigenvalue weighted by atomic mass is 10.1. The van der Waals surface area contributed by atoms with E-state index in [1.165, 1.54) is 0 Å². The fourth-order valence-corrected chi connectivity index (χ4v) is 3.17. The number of amides is 1. The molecule has 0 unspecified atom stereocenters. The molecule has 1 fully saturated rings. The zero-order valence-electron chi connectivity index (χ0n) is 15.4. The van der Waals surface area contributed by atoms with Crippen molar-refractivity contribution in [2.24, 2.45) is 7.05 Å². The van der Waals surface area contributed by atoms with Crippen molar-refractivity contribution in [1.82, 2.24) is 25.0 Å². The van der Waals surface area contributed by atoms with Crippen molar-refractivity contribution in [2.45, 2.75) is 19.9 Å². The van der Waals surface area contributed by atoms with Crippen LogP contribution < -0.4 is 10.2 Å². The molecule has 7 heteroatoms. The van der Waals surface area contributed by atoms with E-state index in [1.807, 2.05) is 33.2 Å². The van der Waals surface area contributed by atoms with Crippen LogP contribution in [0.25, 0.3) is 0 Å². The van der Waals surface area contributed by atoms with Crippen LogP contribution in [0.4, 0.5) is 5.82 Å². The molecule has 3 heterocycles. The molecular weight excluding hydrogens is 316 g/mol. The molecule has 0 aromatic carbocycles. The Morgan fingerprint density at radius 1 is 1.24 bits per heavy atom. The maximum atomic E-state index is 12.6. The molecule has 0 spiro atoms. The molecule has 0 saturated carbocycles. The predicted molar refractivity (Wildman–Crippen MR) is 97.8 cm³/mol. The molecule has 0 aliphatic carbocycles. The summed E-state index contributed by atoms with van der Waals surface area (Å²) in [6, 6.07) is 3.54. The zero-order chi connectivity index (χ0) is 18.0. The molecule has 134 valence electrons. The summed E-state index contributed by atoms with van der Waals surface area (Å²) < 4.78 is 1.77. The number of carbonyl (C=O) groups is 1. The lowest BCUT2D eigenvalue weighted by Gasteiger charge is -2.33. The van der Waals surface area contributed by atoms with Crippen LogP contribution >= 0.6 is 0 Å². The molecule has 0 radical (unpaired) electrons. The first-order chi connectivity index (χ1) is 11.9. The van der Waals surface area contributed by atoms with Gasteiger partial charge in [0.05, 0.1) is 11.7 Å². The number of pyridine rings is 1. The van der Waals surface area contributed by atoms with Gasteiger partial charge in [0.2, 0.25) is 0 Å². The molecule has 1 amide bonds. The highest BCUT2D eigenvalue weighted by molar-refractivity contribution is 5.95. The lowest BCUT2D eigenvalue weighted by molar-refractivity contribution is 0.0939. The molecule has 25 heavy (non-hydrogen) atoms. The van der Waals surface area contributed by atoms with Crippen LogP contribution in [0, 0.1) is 6.92 Å². The van der Waals surface area contributed by atoms with Gasteiger partial charge in [0.15, 0.2) is 0 Å². The van der Waals surface area contributed by atoms with E-state index in [1.54, 1.807) is 16.9 Å². The first-order valence-corrected chi connectivity index (χ1v) is 8.64. The summed E-state index contributed by atoms with van der Waals surface area (Å²) in [4.78, 5) is 21.6. The highest BCUT2D eigenvalue weighted by Gasteiger charge is 2.18. The van der Waals surface area contributed by atoms with E-state index in [0.717, 1.165) is 43.3 Å². The number of anilines is 1. The Labute approximate surface area is 148 Å². The molecule has 1 saturated heterocycles. The number of aryl methyl sites for hydroxylation is 2. The summed E-state index contributed by atoms with van der Waals surface area (Å²) in [5.74, 6) is 0.777. The molecule has 1 atom stereocenters. The minimum absolute atomic E-state index is 0.0893. The smallest absolute Gasteiger partial charge is 0.251 e. The summed E-state index contributed by atoms with van der Waals surface area (Å²) in [5, 5.41) is 7.40. The van der Waals surface area contributed by atoms with Gasteiger partial charge in [0.1, 0.15) is 5.82 Å². The summed E-state index contributed by atoms with van der Waals surface area (Å²) in [6.07, 6.45) is 3.66. The quantitative estimate of drug-likeness (QED) is 0.909. The minimum atomic E-state index is -0.0959. The molecule has 3 rings (SSSR count). The van der Waals surface area contributed by atoms with Crippen molar-refractivity contribution in [3.63, 3.8) is 0 Å². The third-order valence-corrected chi connectivity index (χ3v) is 4.70. The van der Waals surface area contributed by atoms with E-state index >= 15 is 0 Å². The minimum Gasteiger partial charge on any atom is -0.354 e. The van der Waals surface area contributed by atoms with Gasteiger partial charge in [-0.15, -0.1) is 0 Å². The van der Waals surface area contributed by atoms with E-state index in [4.69, 9.17) is 0 Å². The third kappa shape index (κ3) is 3.99. The van der Waals surface area contributed by atoms with Crippen LogP contribution in [0.15, 0.2) is 24.5 Å². The zero-order valence-corrected chi connectivity index (χ0v) is 15.4. The molecular formula is C18H26N6O. The topological polar surface area (TPSA) is 66.3 Å². The van der Waals surface area contributed by atoms with Gasteiger partial charge in [-0.25, -0.2) is 4.98 Å². The van der Waals surface area contributed by atoms with Crippen molar-refractivity contribution in [3.8, 4) is 0 Å². The molecule has 2 aromatic rings. The number of hydrogen-bond acceptors (Lipinski definition) is 5. The predicted octanol–water partition coefficient (Wildman–Crippen LogP) is 1.37. The number of nitrogens with zero attached hydrogens (tertiary/aromatic N) is 5. The van der Waals surface area contributed by atoms with Crippen LogP contribution in [0.1, 0.15) is 34.6 Å². The van der Waals surface area contributed by atoms with Crippen molar-refractivity contribution in [1.29, 1.82) is 0 Å². The van der Waals surface area contributed by atoms with Gasteiger partial charge in [0.25, 0.3) is 5.91 Å². The molecule has 7 nitrogen and oxygen atoms in total. The van der Waals surface area contributed by atoms with Gasteiger partial charge in [0, 0.05) is 56.7 Å². The summed E-state index contributed by atoms with van der Waals surface area (Å²) >= 11 is 0. The molecule has 1 N–H and O–H groups in total. The Morgan fingerprint density at radius 2 is 1.96 bits per heavy atom. The molecule has 1 aliphatic heterocycles. The second-order valence-corrected chi connectivity index (χ2v) is 6.73. The lowest BCUT2D eigenvalue weighted by Crippen LogP contribution is -2.44. The maximum absolute atomic E-state index is 12.6. The highest BCUT2D eigenvalue weighted by Crippen LogP contribution is 2.18. The second kappa shape index (κ2) is 7.23. The van der Waals surface area contributed by atoms with Gasteiger partial charge in [-0.1, -0.05) is 0 Å². The largest absolute Gasteiger partial charge is 0.354 e. The summed E-state index contributed by atoms with van der Waals surface area (Å²) in [5.41, 5.74) is 2.60. The molecule has 0 bridgehead atoms. The van der Waals surface area contributed by atoms with Gasteiger partial charge < -0.3 is 15.1 Å². The van der Waals surface area contributed by atoms with Crippen LogP contribution in [0.2, 0.25) is 0 Å². The van der Waals surface area contributed by atoms with Gasteiger partial charge in [-0.05, 0) is 33.0 Å². The SMILES string of the molecule is Cc1nn(C)cc1[C@H](C)NC(=O)c1ccnc(N2CCN(C)CC2)c1. The van der Waals surface area contributed by atoms with Crippen LogP contribution in [0.3, 0.4) is 0 Å². The Kier molecular flexibility index (Phi) is 5.03. The van der Waals surface area contributed by atoms with Gasteiger partial charge in [-0.2, -0.15) is 5.10 Å². The van der Waals surface area contributed by atoms with Gasteiger partial charge in [-0.3, -0.25) is 9.48 Å². The number of hydrogen-bond donors (Lipinski definition) is 1. The van der Waals surface area contributed by atoms with Crippen LogP contribution in [-0.4, -0.2) is 58.8 Å². The number of nitrogens with one attached hydrogen (secondary N) is 1.